The number of carbonyl (C=O) groups excluding carboxylic acids is 2. The molecule has 2 heterocycles. The normalized spacial score (nSPS) is 15.0. The van der Waals surface area contributed by atoms with Crippen LogP contribution in [0.5, 0.6) is 0 Å². The maximum Gasteiger partial charge on any atom is 0.322 e. The minimum Gasteiger partial charge on any atom is -0.376 e. The summed E-state index contributed by atoms with van der Waals surface area (Å²) in [5, 5.41) is 7.09. The quantitative estimate of drug-likeness (QED) is 0.292. The molecule has 1 saturated heterocycles. The fourth-order valence-corrected chi connectivity index (χ4v) is 5.39. The Morgan fingerprint density at radius 2 is 1.70 bits per heavy atom. The summed E-state index contributed by atoms with van der Waals surface area (Å²) in [4.78, 5) is 31.8. The van der Waals surface area contributed by atoms with Crippen molar-refractivity contribution in [2.24, 2.45) is 0 Å². The minimum atomic E-state index is -0.295. The number of rotatable bonds is 9. The van der Waals surface area contributed by atoms with E-state index in [2.05, 4.69) is 5.32 Å². The fraction of sp³-hybridized carbons (Fsp3) is 0.267. The topological polar surface area (TPSA) is 61.9 Å². The third-order valence-corrected chi connectivity index (χ3v) is 7.45. The number of urea groups is 1. The molecule has 4 aromatic rings. The maximum atomic E-state index is 13.7. The van der Waals surface area contributed by atoms with Crippen molar-refractivity contribution in [3.63, 3.8) is 0 Å². The molecule has 1 N–H and O–H groups in total. The minimum absolute atomic E-state index is 0.0192. The van der Waals surface area contributed by atoms with Gasteiger partial charge in [-0.1, -0.05) is 72.8 Å². The van der Waals surface area contributed by atoms with Gasteiger partial charge in [-0.3, -0.25) is 4.79 Å². The standard InChI is InChI=1S/C30H31N3O3S/c34-29(32(21-26-14-8-18-37-26)19-23-9-2-1-3-10-23)22-33(20-25-13-7-17-36-25)30(35)31-28-16-6-12-24-11-4-5-15-27(24)28/h1-6,8-12,14-16,18,25H,7,13,17,19-22H2,(H,31,35)/t25-/m1/s1. The molecule has 7 heteroatoms. The van der Waals surface area contributed by atoms with Crippen LogP contribution in [0.1, 0.15) is 23.3 Å². The monoisotopic (exact) mass is 513 g/mol. The van der Waals surface area contributed by atoms with Gasteiger partial charge in [0.25, 0.3) is 0 Å². The summed E-state index contributed by atoms with van der Waals surface area (Å²) >= 11 is 1.63. The molecule has 0 unspecified atom stereocenters. The van der Waals surface area contributed by atoms with E-state index in [0.717, 1.165) is 39.7 Å². The molecule has 1 aromatic heterocycles. The average molecular weight is 514 g/mol. The van der Waals surface area contributed by atoms with Crippen LogP contribution in [0.4, 0.5) is 10.5 Å². The third-order valence-electron chi connectivity index (χ3n) is 6.59. The Hall–Kier alpha value is -3.68. The van der Waals surface area contributed by atoms with E-state index in [1.807, 2.05) is 95.2 Å². The van der Waals surface area contributed by atoms with Crippen molar-refractivity contribution in [3.05, 3.63) is 101 Å². The van der Waals surface area contributed by atoms with E-state index >= 15 is 0 Å². The molecule has 0 bridgehead atoms. The molecule has 0 aliphatic carbocycles. The van der Waals surface area contributed by atoms with Gasteiger partial charge in [-0.2, -0.15) is 0 Å². The Morgan fingerprint density at radius 1 is 0.892 bits per heavy atom. The second-order valence-corrected chi connectivity index (χ2v) is 10.3. The third kappa shape index (κ3) is 6.56. The summed E-state index contributed by atoms with van der Waals surface area (Å²) in [5.41, 5.74) is 1.78. The van der Waals surface area contributed by atoms with E-state index in [1.54, 1.807) is 16.2 Å². The van der Waals surface area contributed by atoms with Crippen LogP contribution >= 0.6 is 11.3 Å². The molecule has 3 amide bonds. The molecule has 5 rings (SSSR count). The lowest BCUT2D eigenvalue weighted by atomic mass is 10.1. The smallest absolute Gasteiger partial charge is 0.322 e. The van der Waals surface area contributed by atoms with Crippen LogP contribution in [0.3, 0.4) is 0 Å². The summed E-state index contributed by atoms with van der Waals surface area (Å²) in [6.07, 6.45) is 1.79. The molecule has 190 valence electrons. The van der Waals surface area contributed by atoms with Crippen LogP contribution in [0.2, 0.25) is 0 Å². The van der Waals surface area contributed by atoms with Crippen LogP contribution < -0.4 is 5.32 Å². The van der Waals surface area contributed by atoms with Crippen LogP contribution in [-0.2, 0) is 22.6 Å². The summed E-state index contributed by atoms with van der Waals surface area (Å²) in [6.45, 7) is 2.03. The van der Waals surface area contributed by atoms with Gasteiger partial charge < -0.3 is 19.9 Å². The summed E-state index contributed by atoms with van der Waals surface area (Å²) in [6, 6.07) is 27.5. The molecule has 0 spiro atoms. The second-order valence-electron chi connectivity index (χ2n) is 9.29. The molecule has 0 saturated carbocycles. The number of amides is 3. The van der Waals surface area contributed by atoms with Crippen LogP contribution in [-0.4, -0.2) is 47.5 Å². The van der Waals surface area contributed by atoms with Crippen LogP contribution in [0, 0.1) is 0 Å². The Morgan fingerprint density at radius 3 is 2.49 bits per heavy atom. The highest BCUT2D eigenvalue weighted by Gasteiger charge is 2.27. The first-order valence-electron chi connectivity index (χ1n) is 12.6. The molecule has 1 aliphatic rings. The summed E-state index contributed by atoms with van der Waals surface area (Å²) < 4.78 is 5.83. The van der Waals surface area contributed by atoms with Gasteiger partial charge in [0.05, 0.1) is 18.3 Å². The van der Waals surface area contributed by atoms with Gasteiger partial charge in [0.1, 0.15) is 6.54 Å². The maximum absolute atomic E-state index is 13.7. The lowest BCUT2D eigenvalue weighted by molar-refractivity contribution is -0.133. The molecular formula is C30H31N3O3S. The highest BCUT2D eigenvalue weighted by atomic mass is 32.1. The van der Waals surface area contributed by atoms with Gasteiger partial charge in [0.15, 0.2) is 0 Å². The Bertz CT molecular complexity index is 1320. The lowest BCUT2D eigenvalue weighted by Gasteiger charge is -2.29. The number of hydrogen-bond acceptors (Lipinski definition) is 4. The Balaban J connectivity index is 1.36. The second kappa shape index (κ2) is 12.0. The first-order valence-corrected chi connectivity index (χ1v) is 13.5. The number of anilines is 1. The van der Waals surface area contributed by atoms with E-state index < -0.39 is 0 Å². The highest BCUT2D eigenvalue weighted by Crippen LogP contribution is 2.24. The van der Waals surface area contributed by atoms with Gasteiger partial charge in [-0.25, -0.2) is 4.79 Å². The van der Waals surface area contributed by atoms with E-state index in [-0.39, 0.29) is 24.6 Å². The zero-order valence-electron chi connectivity index (χ0n) is 20.7. The average Bonchev–Trinajstić information content (AvgIpc) is 3.63. The van der Waals surface area contributed by atoms with Gasteiger partial charge in [-0.15, -0.1) is 11.3 Å². The number of benzene rings is 3. The van der Waals surface area contributed by atoms with Crippen molar-refractivity contribution in [1.82, 2.24) is 9.80 Å². The van der Waals surface area contributed by atoms with Crippen LogP contribution in [0.15, 0.2) is 90.3 Å². The number of nitrogens with one attached hydrogen (secondary N) is 1. The Kier molecular flexibility index (Phi) is 8.13. The van der Waals surface area contributed by atoms with Crippen molar-refractivity contribution >= 4 is 39.7 Å². The first kappa shape index (κ1) is 25.0. The number of thiophene rings is 1. The summed E-state index contributed by atoms with van der Waals surface area (Å²) in [5.74, 6) is -0.0941. The van der Waals surface area contributed by atoms with Crippen molar-refractivity contribution in [1.29, 1.82) is 0 Å². The van der Waals surface area contributed by atoms with Crippen molar-refractivity contribution in [2.45, 2.75) is 32.0 Å². The predicted molar refractivity (Wildman–Crippen MR) is 149 cm³/mol. The van der Waals surface area contributed by atoms with Crippen molar-refractivity contribution in [3.8, 4) is 0 Å². The number of ether oxygens (including phenoxy) is 1. The van der Waals surface area contributed by atoms with Gasteiger partial charge in [0, 0.05) is 30.0 Å². The van der Waals surface area contributed by atoms with Crippen molar-refractivity contribution in [2.75, 3.05) is 25.0 Å². The van der Waals surface area contributed by atoms with Gasteiger partial charge in [0.2, 0.25) is 5.91 Å². The van der Waals surface area contributed by atoms with E-state index in [1.165, 1.54) is 0 Å². The molecule has 1 aliphatic heterocycles. The number of fused-ring (bicyclic) bond motifs is 1. The molecular weight excluding hydrogens is 482 g/mol. The lowest BCUT2D eigenvalue weighted by Crippen LogP contribution is -2.46. The fourth-order valence-electron chi connectivity index (χ4n) is 4.67. The molecule has 3 aromatic carbocycles. The highest BCUT2D eigenvalue weighted by molar-refractivity contribution is 7.09. The van der Waals surface area contributed by atoms with E-state index in [9.17, 15) is 9.59 Å². The number of hydrogen-bond donors (Lipinski definition) is 1. The molecule has 6 nitrogen and oxygen atoms in total. The first-order chi connectivity index (χ1) is 18.2. The zero-order chi connectivity index (χ0) is 25.5. The largest absolute Gasteiger partial charge is 0.376 e. The van der Waals surface area contributed by atoms with Crippen LogP contribution in [0.25, 0.3) is 10.8 Å². The van der Waals surface area contributed by atoms with E-state index in [0.29, 0.717) is 26.2 Å². The van der Waals surface area contributed by atoms with Gasteiger partial charge in [-0.05, 0) is 41.3 Å². The zero-order valence-corrected chi connectivity index (χ0v) is 21.5. The predicted octanol–water partition coefficient (Wildman–Crippen LogP) is 6.14. The molecule has 0 radical (unpaired) electrons. The number of carbonyl (C=O) groups is 2. The summed E-state index contributed by atoms with van der Waals surface area (Å²) in [7, 11) is 0. The molecule has 1 atom stereocenters. The van der Waals surface area contributed by atoms with Crippen molar-refractivity contribution < 1.29 is 14.3 Å². The molecule has 1 fully saturated rings. The Labute approximate surface area is 221 Å². The number of nitrogens with zero attached hydrogens (tertiary/aromatic N) is 2. The van der Waals surface area contributed by atoms with E-state index in [4.69, 9.17) is 4.74 Å². The SMILES string of the molecule is O=C(CN(C[C@H]1CCCO1)C(=O)Nc1cccc2ccccc12)N(Cc1ccccc1)Cc1cccs1. The van der Waals surface area contributed by atoms with Gasteiger partial charge >= 0.3 is 6.03 Å². The molecule has 37 heavy (non-hydrogen) atoms.